The third-order valence-corrected chi connectivity index (χ3v) is 7.38. The zero-order valence-corrected chi connectivity index (χ0v) is 17.5. The van der Waals surface area contributed by atoms with Crippen LogP contribution in [0.25, 0.3) is 0 Å². The van der Waals surface area contributed by atoms with E-state index in [1.165, 1.54) is 96.8 Å². The van der Waals surface area contributed by atoms with Gasteiger partial charge in [0.05, 0.1) is 0 Å². The lowest BCUT2D eigenvalue weighted by Crippen LogP contribution is -2.51. The van der Waals surface area contributed by atoms with Crippen LogP contribution in [0.1, 0.15) is 70.6 Å². The first kappa shape index (κ1) is 19.5. The molecule has 0 aromatic carbocycles. The summed E-state index contributed by atoms with van der Waals surface area (Å²) in [5.41, 5.74) is 0. The van der Waals surface area contributed by atoms with Gasteiger partial charge < -0.3 is 15.5 Å². The van der Waals surface area contributed by atoms with E-state index >= 15 is 0 Å². The first-order valence-corrected chi connectivity index (χ1v) is 11.8. The average molecular weight is 376 g/mol. The lowest BCUT2D eigenvalue weighted by atomic mass is 9.89. The summed E-state index contributed by atoms with van der Waals surface area (Å²) >= 11 is 0. The van der Waals surface area contributed by atoms with Crippen LogP contribution in [0.2, 0.25) is 0 Å². The normalized spacial score (nSPS) is 30.0. The van der Waals surface area contributed by atoms with Crippen LogP contribution in [0.15, 0.2) is 4.99 Å². The molecule has 0 spiro atoms. The van der Waals surface area contributed by atoms with Crippen LogP contribution in [-0.2, 0) is 0 Å². The molecule has 2 heterocycles. The van der Waals surface area contributed by atoms with Crippen LogP contribution in [0.4, 0.5) is 0 Å². The van der Waals surface area contributed by atoms with Crippen LogP contribution in [0.5, 0.6) is 0 Å². The van der Waals surface area contributed by atoms with Gasteiger partial charge in [-0.05, 0) is 63.8 Å². The van der Waals surface area contributed by atoms with E-state index in [1.54, 1.807) is 0 Å². The Balaban J connectivity index is 1.18. The lowest BCUT2D eigenvalue weighted by Gasteiger charge is -2.34. The average Bonchev–Trinajstić information content (AvgIpc) is 3.47. The summed E-state index contributed by atoms with van der Waals surface area (Å²) in [4.78, 5) is 9.97. The standard InChI is InChI=1S/C22H41N5/c1-23-22(25-19-11-14-26(15-12-19)20-9-10-20)24-16-21-8-5-13-27(21)17-18-6-3-2-4-7-18/h18-21H,2-17H2,1H3,(H2,23,24,25). The highest BCUT2D eigenvalue weighted by atomic mass is 15.2. The van der Waals surface area contributed by atoms with E-state index in [2.05, 4.69) is 25.4 Å². The maximum absolute atomic E-state index is 4.51. The second-order valence-corrected chi connectivity index (χ2v) is 9.43. The van der Waals surface area contributed by atoms with E-state index in [1.807, 2.05) is 7.05 Å². The molecule has 2 saturated carbocycles. The number of hydrogen-bond donors (Lipinski definition) is 2. The number of nitrogens with one attached hydrogen (secondary N) is 2. The molecule has 5 nitrogen and oxygen atoms in total. The molecule has 154 valence electrons. The number of nitrogens with zero attached hydrogens (tertiary/aromatic N) is 3. The number of aliphatic imine (C=N–C) groups is 1. The second kappa shape index (κ2) is 9.60. The number of piperidine rings is 1. The van der Waals surface area contributed by atoms with E-state index in [0.717, 1.165) is 24.5 Å². The van der Waals surface area contributed by atoms with Gasteiger partial charge in [-0.2, -0.15) is 0 Å². The van der Waals surface area contributed by atoms with Crippen molar-refractivity contribution in [2.45, 2.75) is 88.8 Å². The Labute approximate surface area is 166 Å². The highest BCUT2D eigenvalue weighted by Gasteiger charge is 2.32. The highest BCUT2D eigenvalue weighted by Crippen LogP contribution is 2.29. The molecule has 4 rings (SSSR count). The van der Waals surface area contributed by atoms with E-state index in [0.29, 0.717) is 12.1 Å². The maximum atomic E-state index is 4.51. The fourth-order valence-corrected chi connectivity index (χ4v) is 5.52. The summed E-state index contributed by atoms with van der Waals surface area (Å²) < 4.78 is 0. The smallest absolute Gasteiger partial charge is 0.191 e. The molecule has 27 heavy (non-hydrogen) atoms. The molecule has 0 amide bonds. The second-order valence-electron chi connectivity index (χ2n) is 9.43. The van der Waals surface area contributed by atoms with Gasteiger partial charge in [0.1, 0.15) is 0 Å². The van der Waals surface area contributed by atoms with Crippen molar-refractivity contribution in [2.75, 3.05) is 39.8 Å². The zero-order valence-electron chi connectivity index (χ0n) is 17.5. The Morgan fingerprint density at radius 2 is 1.67 bits per heavy atom. The Hall–Kier alpha value is -0.810. The van der Waals surface area contributed by atoms with Gasteiger partial charge in [-0.3, -0.25) is 9.89 Å². The fraction of sp³-hybridized carbons (Fsp3) is 0.955. The van der Waals surface area contributed by atoms with E-state index in [-0.39, 0.29) is 0 Å². The van der Waals surface area contributed by atoms with Gasteiger partial charge in [-0.15, -0.1) is 0 Å². The number of likely N-dealkylation sites (tertiary alicyclic amines) is 2. The van der Waals surface area contributed by atoms with E-state index in [9.17, 15) is 0 Å². The summed E-state index contributed by atoms with van der Waals surface area (Å²) in [5, 5.41) is 7.36. The van der Waals surface area contributed by atoms with Crippen molar-refractivity contribution in [3.63, 3.8) is 0 Å². The topological polar surface area (TPSA) is 42.9 Å². The Bertz CT molecular complexity index is 475. The van der Waals surface area contributed by atoms with Crippen LogP contribution >= 0.6 is 0 Å². The molecule has 1 unspecified atom stereocenters. The largest absolute Gasteiger partial charge is 0.355 e. The van der Waals surface area contributed by atoms with Gasteiger partial charge in [0, 0.05) is 51.4 Å². The summed E-state index contributed by atoms with van der Waals surface area (Å²) in [5.74, 6) is 1.97. The van der Waals surface area contributed by atoms with Crippen molar-refractivity contribution in [3.05, 3.63) is 0 Å². The summed E-state index contributed by atoms with van der Waals surface area (Å²) in [6, 6.07) is 2.20. The van der Waals surface area contributed by atoms with Gasteiger partial charge in [-0.25, -0.2) is 0 Å². The maximum Gasteiger partial charge on any atom is 0.191 e. The predicted octanol–water partition coefficient (Wildman–Crippen LogP) is 2.82. The fourth-order valence-electron chi connectivity index (χ4n) is 5.52. The molecule has 1 atom stereocenters. The monoisotopic (exact) mass is 375 g/mol. The quantitative estimate of drug-likeness (QED) is 0.553. The molecule has 0 aromatic heterocycles. The first-order valence-electron chi connectivity index (χ1n) is 11.8. The van der Waals surface area contributed by atoms with Gasteiger partial charge in [0.25, 0.3) is 0 Å². The molecule has 0 bridgehead atoms. The van der Waals surface area contributed by atoms with Crippen molar-refractivity contribution in [1.29, 1.82) is 0 Å². The molecule has 4 fully saturated rings. The van der Waals surface area contributed by atoms with Crippen molar-refractivity contribution in [1.82, 2.24) is 20.4 Å². The molecule has 2 aliphatic carbocycles. The molecule has 4 aliphatic rings. The number of rotatable bonds is 6. The minimum absolute atomic E-state index is 0.591. The summed E-state index contributed by atoms with van der Waals surface area (Å²) in [6.45, 7) is 6.20. The molecule has 5 heteroatoms. The Morgan fingerprint density at radius 3 is 2.37 bits per heavy atom. The van der Waals surface area contributed by atoms with Crippen LogP contribution in [0, 0.1) is 5.92 Å². The van der Waals surface area contributed by atoms with Crippen molar-refractivity contribution < 1.29 is 0 Å². The lowest BCUT2D eigenvalue weighted by molar-refractivity contribution is 0.187. The van der Waals surface area contributed by atoms with E-state index < -0.39 is 0 Å². The van der Waals surface area contributed by atoms with Crippen LogP contribution in [-0.4, -0.2) is 73.7 Å². The molecular weight excluding hydrogens is 334 g/mol. The van der Waals surface area contributed by atoms with Gasteiger partial charge in [-0.1, -0.05) is 19.3 Å². The molecule has 0 radical (unpaired) electrons. The molecular formula is C22H41N5. The SMILES string of the molecule is CN=C(NCC1CCCN1CC1CCCCC1)NC1CCN(C2CC2)CC1. The molecule has 2 aliphatic heterocycles. The number of hydrogen-bond acceptors (Lipinski definition) is 3. The van der Waals surface area contributed by atoms with Crippen molar-refractivity contribution in [3.8, 4) is 0 Å². The van der Waals surface area contributed by atoms with Crippen molar-refractivity contribution in [2.24, 2.45) is 10.9 Å². The summed E-state index contributed by atoms with van der Waals surface area (Å²) in [6.07, 6.45) is 15.4. The predicted molar refractivity (Wildman–Crippen MR) is 113 cm³/mol. The minimum atomic E-state index is 0.591. The molecule has 2 N–H and O–H groups in total. The van der Waals surface area contributed by atoms with Crippen LogP contribution < -0.4 is 10.6 Å². The van der Waals surface area contributed by atoms with E-state index in [4.69, 9.17) is 0 Å². The zero-order chi connectivity index (χ0) is 18.5. The number of guanidine groups is 1. The first-order chi connectivity index (χ1) is 13.3. The highest BCUT2D eigenvalue weighted by molar-refractivity contribution is 5.80. The molecule has 0 aromatic rings. The summed E-state index contributed by atoms with van der Waals surface area (Å²) in [7, 11) is 1.92. The Morgan fingerprint density at radius 1 is 0.889 bits per heavy atom. The Kier molecular flexibility index (Phi) is 6.93. The van der Waals surface area contributed by atoms with Crippen LogP contribution in [0.3, 0.4) is 0 Å². The van der Waals surface area contributed by atoms with Crippen molar-refractivity contribution >= 4 is 5.96 Å². The minimum Gasteiger partial charge on any atom is -0.355 e. The molecule has 2 saturated heterocycles. The third-order valence-electron chi connectivity index (χ3n) is 7.38. The van der Waals surface area contributed by atoms with Gasteiger partial charge >= 0.3 is 0 Å². The van der Waals surface area contributed by atoms with Gasteiger partial charge in [0.2, 0.25) is 0 Å². The van der Waals surface area contributed by atoms with Gasteiger partial charge in [0.15, 0.2) is 5.96 Å². The third kappa shape index (κ3) is 5.60.